The van der Waals surface area contributed by atoms with Gasteiger partial charge in [-0.2, -0.15) is 0 Å². The summed E-state index contributed by atoms with van der Waals surface area (Å²) in [4.78, 5) is 28.6. The molecule has 2 heterocycles. The van der Waals surface area contributed by atoms with E-state index in [9.17, 15) is 14.7 Å². The summed E-state index contributed by atoms with van der Waals surface area (Å²) in [5.41, 5.74) is 3.54. The second kappa shape index (κ2) is 8.45. The lowest BCUT2D eigenvalue weighted by Crippen LogP contribution is -2.19. The predicted molar refractivity (Wildman–Crippen MR) is 123 cm³/mol. The third-order valence-electron chi connectivity index (χ3n) is 4.61. The number of thioether (sulfide) groups is 1. The molecule has 1 amide bonds. The summed E-state index contributed by atoms with van der Waals surface area (Å²) in [7, 11) is 0. The van der Waals surface area contributed by atoms with Gasteiger partial charge in [0.1, 0.15) is 11.5 Å². The fourth-order valence-electron chi connectivity index (χ4n) is 3.08. The van der Waals surface area contributed by atoms with Crippen molar-refractivity contribution in [1.29, 1.82) is 0 Å². The highest BCUT2D eigenvalue weighted by Gasteiger charge is 2.24. The Kier molecular flexibility index (Phi) is 5.71. The first-order chi connectivity index (χ1) is 14.8. The second-order valence-electron chi connectivity index (χ2n) is 6.97. The minimum Gasteiger partial charge on any atom is -0.478 e. The Labute approximate surface area is 187 Å². The Morgan fingerprint density at radius 2 is 1.97 bits per heavy atom. The predicted octanol–water partition coefficient (Wildman–Crippen LogP) is 5.81. The molecule has 31 heavy (non-hydrogen) atoms. The van der Waals surface area contributed by atoms with Gasteiger partial charge in [-0.1, -0.05) is 29.3 Å². The number of amidine groups is 1. The lowest BCUT2D eigenvalue weighted by molar-refractivity contribution is -0.115. The molecule has 0 saturated carbocycles. The zero-order chi connectivity index (χ0) is 22.1. The molecule has 2 N–H and O–H groups in total. The van der Waals surface area contributed by atoms with Gasteiger partial charge in [0.25, 0.3) is 5.91 Å². The van der Waals surface area contributed by atoms with Crippen molar-refractivity contribution in [2.75, 3.05) is 0 Å². The molecule has 4 rings (SSSR count). The van der Waals surface area contributed by atoms with Gasteiger partial charge in [0.15, 0.2) is 5.17 Å². The van der Waals surface area contributed by atoms with Gasteiger partial charge in [0.05, 0.1) is 21.2 Å². The lowest BCUT2D eigenvalue weighted by Gasteiger charge is -2.02. The average molecular weight is 453 g/mol. The first kappa shape index (κ1) is 21.0. The number of aliphatic imine (C=N–C) groups is 1. The Hall–Kier alpha value is -3.29. The van der Waals surface area contributed by atoms with Crippen molar-refractivity contribution in [1.82, 2.24) is 5.32 Å². The number of hydrogen-bond acceptors (Lipinski definition) is 5. The molecule has 0 unspecified atom stereocenters. The second-order valence-corrected chi connectivity index (χ2v) is 8.41. The van der Waals surface area contributed by atoms with Gasteiger partial charge in [0.2, 0.25) is 0 Å². The number of nitrogens with one attached hydrogen (secondary N) is 1. The van der Waals surface area contributed by atoms with E-state index >= 15 is 0 Å². The fourth-order valence-corrected chi connectivity index (χ4v) is 4.09. The molecule has 3 aromatic rings. The summed E-state index contributed by atoms with van der Waals surface area (Å²) >= 11 is 7.15. The highest BCUT2D eigenvalue weighted by molar-refractivity contribution is 8.18. The van der Waals surface area contributed by atoms with Gasteiger partial charge in [-0.25, -0.2) is 9.79 Å². The number of halogens is 1. The SMILES string of the molecule is Cc1ccc(N=C2NC(=O)C(=Cc3ccc(-c4ccc(Cl)c(C(=O)O)c4)o3)S2)c(C)c1. The number of hydrogen-bond donors (Lipinski definition) is 2. The van der Waals surface area contributed by atoms with Crippen LogP contribution in [0.3, 0.4) is 0 Å². The van der Waals surface area contributed by atoms with E-state index in [1.54, 1.807) is 24.3 Å². The van der Waals surface area contributed by atoms with Crippen LogP contribution in [-0.4, -0.2) is 22.2 Å². The largest absolute Gasteiger partial charge is 0.478 e. The van der Waals surface area contributed by atoms with E-state index in [-0.39, 0.29) is 16.5 Å². The number of carboxylic acid groups (broad SMARTS) is 1. The van der Waals surface area contributed by atoms with Gasteiger partial charge in [0, 0.05) is 11.6 Å². The van der Waals surface area contributed by atoms with Crippen molar-refractivity contribution >= 4 is 52.2 Å². The van der Waals surface area contributed by atoms with Crippen molar-refractivity contribution in [2.45, 2.75) is 13.8 Å². The maximum absolute atomic E-state index is 12.3. The van der Waals surface area contributed by atoms with Crippen molar-refractivity contribution in [3.63, 3.8) is 0 Å². The van der Waals surface area contributed by atoms with E-state index in [4.69, 9.17) is 16.0 Å². The Bertz CT molecular complexity index is 1280. The highest BCUT2D eigenvalue weighted by Crippen LogP contribution is 2.32. The molecule has 6 nitrogen and oxygen atoms in total. The molecule has 1 aliphatic rings. The van der Waals surface area contributed by atoms with Crippen molar-refractivity contribution < 1.29 is 19.1 Å². The van der Waals surface area contributed by atoms with Crippen LogP contribution in [0.15, 0.2) is 62.8 Å². The molecule has 0 radical (unpaired) electrons. The van der Waals surface area contributed by atoms with Crippen molar-refractivity contribution in [3.8, 4) is 11.3 Å². The topological polar surface area (TPSA) is 91.9 Å². The molecule has 1 aliphatic heterocycles. The van der Waals surface area contributed by atoms with E-state index in [0.29, 0.717) is 27.2 Å². The Balaban J connectivity index is 1.57. The molecule has 0 atom stereocenters. The molecule has 1 aromatic heterocycles. The zero-order valence-electron chi connectivity index (χ0n) is 16.6. The van der Waals surface area contributed by atoms with E-state index in [1.807, 2.05) is 32.0 Å². The van der Waals surface area contributed by atoms with E-state index in [1.165, 1.54) is 23.9 Å². The summed E-state index contributed by atoms with van der Waals surface area (Å²) < 4.78 is 5.79. The molecule has 1 fully saturated rings. The number of furan rings is 1. The van der Waals surface area contributed by atoms with Crippen LogP contribution in [-0.2, 0) is 4.79 Å². The summed E-state index contributed by atoms with van der Waals surface area (Å²) in [6.07, 6.45) is 1.63. The average Bonchev–Trinajstić information content (AvgIpc) is 3.31. The third-order valence-corrected chi connectivity index (χ3v) is 5.85. The van der Waals surface area contributed by atoms with Crippen molar-refractivity contribution in [3.05, 3.63) is 80.9 Å². The molecule has 1 saturated heterocycles. The van der Waals surface area contributed by atoms with Crippen LogP contribution >= 0.6 is 23.4 Å². The monoisotopic (exact) mass is 452 g/mol. The molecule has 0 bridgehead atoms. The first-order valence-electron chi connectivity index (χ1n) is 9.30. The number of amides is 1. The van der Waals surface area contributed by atoms with Gasteiger partial charge in [-0.3, -0.25) is 4.79 Å². The number of aromatic carboxylic acids is 1. The van der Waals surface area contributed by atoms with Crippen molar-refractivity contribution in [2.24, 2.45) is 4.99 Å². The summed E-state index contributed by atoms with van der Waals surface area (Å²) in [5, 5.41) is 12.7. The maximum atomic E-state index is 12.3. The van der Waals surface area contributed by atoms with Crippen LogP contribution in [0, 0.1) is 13.8 Å². The van der Waals surface area contributed by atoms with Crippen LogP contribution in [0.25, 0.3) is 17.4 Å². The van der Waals surface area contributed by atoms with E-state index < -0.39 is 5.97 Å². The molecule has 0 spiro atoms. The minimum atomic E-state index is -1.12. The van der Waals surface area contributed by atoms with Gasteiger partial charge in [-0.15, -0.1) is 0 Å². The molecular formula is C23H17ClN2O4S. The molecular weight excluding hydrogens is 436 g/mol. The minimum absolute atomic E-state index is 0.00606. The number of aryl methyl sites for hydroxylation is 2. The molecule has 156 valence electrons. The normalized spacial score (nSPS) is 16.2. The maximum Gasteiger partial charge on any atom is 0.337 e. The highest BCUT2D eigenvalue weighted by atomic mass is 35.5. The smallest absolute Gasteiger partial charge is 0.337 e. The number of benzene rings is 2. The van der Waals surface area contributed by atoms with Crippen LogP contribution in [0.4, 0.5) is 5.69 Å². The summed E-state index contributed by atoms with van der Waals surface area (Å²) in [6, 6.07) is 14.0. The quantitative estimate of drug-likeness (QED) is 0.487. The third kappa shape index (κ3) is 4.57. The van der Waals surface area contributed by atoms with Gasteiger partial charge >= 0.3 is 5.97 Å². The number of carbonyl (C=O) groups excluding carboxylic acids is 1. The molecule has 0 aliphatic carbocycles. The van der Waals surface area contributed by atoms with Crippen LogP contribution in [0.2, 0.25) is 5.02 Å². The molecule has 8 heteroatoms. The van der Waals surface area contributed by atoms with Gasteiger partial charge in [-0.05, 0) is 67.6 Å². The van der Waals surface area contributed by atoms with E-state index in [0.717, 1.165) is 16.8 Å². The van der Waals surface area contributed by atoms with E-state index in [2.05, 4.69) is 10.3 Å². The lowest BCUT2D eigenvalue weighted by atomic mass is 10.1. The Morgan fingerprint density at radius 3 is 2.71 bits per heavy atom. The summed E-state index contributed by atoms with van der Waals surface area (Å²) in [5.74, 6) is -0.438. The number of carbonyl (C=O) groups is 2. The first-order valence-corrected chi connectivity index (χ1v) is 10.5. The van der Waals surface area contributed by atoms with Crippen LogP contribution < -0.4 is 5.32 Å². The number of rotatable bonds is 4. The summed E-state index contributed by atoms with van der Waals surface area (Å²) in [6.45, 7) is 3.99. The molecule has 2 aromatic carbocycles. The van der Waals surface area contributed by atoms with Gasteiger partial charge < -0.3 is 14.8 Å². The van der Waals surface area contributed by atoms with Crippen LogP contribution in [0.5, 0.6) is 0 Å². The zero-order valence-corrected chi connectivity index (χ0v) is 18.2. The standard InChI is InChI=1S/C23H17ClN2O4S/c1-12-3-7-18(13(2)9-12)25-23-26-21(27)20(31-23)11-15-5-8-19(30-15)14-4-6-17(24)16(10-14)22(28)29/h3-11H,1-2H3,(H,28,29)(H,25,26,27). The Morgan fingerprint density at radius 1 is 1.16 bits per heavy atom. The fraction of sp³-hybridized carbons (Fsp3) is 0.0870. The number of nitrogens with zero attached hydrogens (tertiary/aromatic N) is 1. The number of carboxylic acids is 1. The van der Waals surface area contributed by atoms with Crippen LogP contribution in [0.1, 0.15) is 27.2 Å².